The van der Waals surface area contributed by atoms with Gasteiger partial charge < -0.3 is 19.7 Å². The van der Waals surface area contributed by atoms with Gasteiger partial charge in [-0.25, -0.2) is 4.79 Å². The van der Waals surface area contributed by atoms with E-state index in [4.69, 9.17) is 4.74 Å². The van der Waals surface area contributed by atoms with E-state index in [9.17, 15) is 19.0 Å². The predicted octanol–water partition coefficient (Wildman–Crippen LogP) is 3.87. The van der Waals surface area contributed by atoms with E-state index in [2.05, 4.69) is 5.32 Å². The zero-order valence-corrected chi connectivity index (χ0v) is 17.2. The summed E-state index contributed by atoms with van der Waals surface area (Å²) in [6.45, 7) is 4.69. The summed E-state index contributed by atoms with van der Waals surface area (Å²) in [5.74, 6) is -0.131. The van der Waals surface area contributed by atoms with E-state index in [-0.39, 0.29) is 18.2 Å². The number of aryl methyl sites for hydroxylation is 1. The summed E-state index contributed by atoms with van der Waals surface area (Å²) in [4.78, 5) is 32.8. The Balaban J connectivity index is 2.23. The molecular weight excluding hydrogens is 365 g/mol. The molecular formula is C20H32NO5P. The van der Waals surface area contributed by atoms with E-state index in [1.54, 1.807) is 0 Å². The Morgan fingerprint density at radius 2 is 1.96 bits per heavy atom. The maximum absolute atomic E-state index is 12.4. The quantitative estimate of drug-likeness (QED) is 0.299. The second-order valence-corrected chi connectivity index (χ2v) is 9.80. The molecule has 1 aromatic rings. The van der Waals surface area contributed by atoms with Crippen LogP contribution in [0.15, 0.2) is 30.3 Å². The number of rotatable bonds is 13. The molecule has 0 radical (unpaired) electrons. The molecule has 0 aliphatic heterocycles. The van der Waals surface area contributed by atoms with Crippen molar-refractivity contribution in [3.8, 4) is 0 Å². The Morgan fingerprint density at radius 1 is 1.26 bits per heavy atom. The number of benzene rings is 1. The molecule has 1 rings (SSSR count). The van der Waals surface area contributed by atoms with E-state index in [0.717, 1.165) is 11.8 Å². The molecule has 0 bridgehead atoms. The van der Waals surface area contributed by atoms with E-state index in [0.29, 0.717) is 38.8 Å². The molecule has 6 nitrogen and oxygen atoms in total. The van der Waals surface area contributed by atoms with Gasteiger partial charge >= 0.3 is 6.09 Å². The Labute approximate surface area is 162 Å². The molecule has 1 amide bonds. The lowest BCUT2D eigenvalue weighted by atomic mass is 10.0. The topological polar surface area (TPSA) is 92.7 Å². The van der Waals surface area contributed by atoms with Crippen molar-refractivity contribution in [1.29, 1.82) is 0 Å². The Morgan fingerprint density at radius 3 is 2.59 bits per heavy atom. The zero-order valence-electron chi connectivity index (χ0n) is 16.3. The van der Waals surface area contributed by atoms with Gasteiger partial charge in [0.25, 0.3) is 0 Å². The minimum Gasteiger partial charge on any atom is -0.449 e. The molecule has 2 N–H and O–H groups in total. The van der Waals surface area contributed by atoms with Crippen LogP contribution in [-0.4, -0.2) is 42.7 Å². The highest BCUT2D eigenvalue weighted by Gasteiger charge is 2.23. The number of amides is 1. The Bertz CT molecular complexity index is 606. The number of carbonyl (C=O) groups is 2. The smallest absolute Gasteiger partial charge is 0.407 e. The van der Waals surface area contributed by atoms with Crippen molar-refractivity contribution in [1.82, 2.24) is 5.32 Å². The van der Waals surface area contributed by atoms with Crippen molar-refractivity contribution in [2.24, 2.45) is 11.8 Å². The van der Waals surface area contributed by atoms with Crippen LogP contribution in [0.5, 0.6) is 0 Å². The number of ether oxygens (including phenoxy) is 1. The average molecular weight is 397 g/mol. The molecule has 0 saturated carbocycles. The number of alkyl carbamates (subject to hydrolysis) is 1. The molecule has 0 aromatic heterocycles. The molecule has 2 atom stereocenters. The van der Waals surface area contributed by atoms with Crippen molar-refractivity contribution in [3.05, 3.63) is 35.9 Å². The van der Waals surface area contributed by atoms with Crippen molar-refractivity contribution < 1.29 is 23.8 Å². The first-order valence-corrected chi connectivity index (χ1v) is 11.6. The van der Waals surface area contributed by atoms with Gasteiger partial charge in [-0.15, -0.1) is 0 Å². The third-order valence-electron chi connectivity index (χ3n) is 4.11. The minimum absolute atomic E-state index is 0.0210. The zero-order chi connectivity index (χ0) is 20.1. The molecule has 0 fully saturated rings. The lowest BCUT2D eigenvalue weighted by Gasteiger charge is -2.16. The molecule has 0 spiro atoms. The molecule has 1 aromatic carbocycles. The maximum atomic E-state index is 12.4. The van der Waals surface area contributed by atoms with Crippen LogP contribution in [0.3, 0.4) is 0 Å². The molecule has 2 unspecified atom stereocenters. The number of carbonyl (C=O) groups excluding carboxylic acids is 2. The van der Waals surface area contributed by atoms with E-state index in [1.165, 1.54) is 0 Å². The fraction of sp³-hybridized carbons (Fsp3) is 0.600. The van der Waals surface area contributed by atoms with Crippen LogP contribution in [0.1, 0.15) is 38.7 Å². The normalized spacial score (nSPS) is 14.4. The molecule has 27 heavy (non-hydrogen) atoms. The van der Waals surface area contributed by atoms with Gasteiger partial charge in [0.15, 0.2) is 0 Å². The summed E-state index contributed by atoms with van der Waals surface area (Å²) < 4.78 is 17.3. The standard InChI is InChI=1S/C20H32NO5P/c1-17(2)15-26-20(23)21-12-6-7-13-27(24,25)16-19(14-22)11-10-18-8-4-3-5-9-18/h3-5,8-9,14,17,19H,6-7,10-13,15-16H2,1-2H3,(H,21,23)(H,24,25). The highest BCUT2D eigenvalue weighted by molar-refractivity contribution is 7.58. The number of hydrogen-bond donors (Lipinski definition) is 2. The Kier molecular flexibility index (Phi) is 11.0. The second kappa shape index (κ2) is 12.7. The molecule has 0 saturated heterocycles. The summed E-state index contributed by atoms with van der Waals surface area (Å²) in [6, 6.07) is 9.78. The van der Waals surface area contributed by atoms with Gasteiger partial charge in [0.05, 0.1) is 6.61 Å². The molecule has 0 heterocycles. The van der Waals surface area contributed by atoms with Crippen LogP contribution in [0.4, 0.5) is 4.79 Å². The number of hydrogen-bond acceptors (Lipinski definition) is 4. The maximum Gasteiger partial charge on any atom is 0.407 e. The van der Waals surface area contributed by atoms with Gasteiger partial charge in [0, 0.05) is 24.8 Å². The lowest BCUT2D eigenvalue weighted by molar-refractivity contribution is -0.110. The van der Waals surface area contributed by atoms with Crippen LogP contribution in [0.25, 0.3) is 0 Å². The highest BCUT2D eigenvalue weighted by atomic mass is 31.2. The summed E-state index contributed by atoms with van der Waals surface area (Å²) in [5, 5.41) is 2.63. The highest BCUT2D eigenvalue weighted by Crippen LogP contribution is 2.43. The molecule has 7 heteroatoms. The predicted molar refractivity (Wildman–Crippen MR) is 107 cm³/mol. The van der Waals surface area contributed by atoms with Crippen LogP contribution in [-0.2, 0) is 20.5 Å². The van der Waals surface area contributed by atoms with Gasteiger partial charge in [0.1, 0.15) is 6.29 Å². The number of aldehydes is 1. The van der Waals surface area contributed by atoms with Crippen LogP contribution < -0.4 is 5.32 Å². The fourth-order valence-electron chi connectivity index (χ4n) is 2.62. The van der Waals surface area contributed by atoms with Gasteiger partial charge in [-0.05, 0) is 37.2 Å². The fourth-order valence-corrected chi connectivity index (χ4v) is 4.53. The molecule has 0 aliphatic carbocycles. The van der Waals surface area contributed by atoms with Gasteiger partial charge in [-0.3, -0.25) is 4.57 Å². The molecule has 152 valence electrons. The minimum atomic E-state index is -3.35. The monoisotopic (exact) mass is 397 g/mol. The van der Waals surface area contributed by atoms with Crippen molar-refractivity contribution in [3.63, 3.8) is 0 Å². The van der Waals surface area contributed by atoms with E-state index >= 15 is 0 Å². The summed E-state index contributed by atoms with van der Waals surface area (Å²) in [7, 11) is -3.35. The first kappa shape index (κ1) is 23.4. The first-order chi connectivity index (χ1) is 12.8. The third kappa shape index (κ3) is 11.6. The third-order valence-corrected chi connectivity index (χ3v) is 6.16. The van der Waals surface area contributed by atoms with Crippen LogP contribution >= 0.6 is 7.37 Å². The average Bonchev–Trinajstić information content (AvgIpc) is 2.63. The largest absolute Gasteiger partial charge is 0.449 e. The van der Waals surface area contributed by atoms with E-state index in [1.807, 2.05) is 44.2 Å². The van der Waals surface area contributed by atoms with Gasteiger partial charge in [0.2, 0.25) is 7.37 Å². The summed E-state index contributed by atoms with van der Waals surface area (Å²) in [6.07, 6.45) is 2.90. The van der Waals surface area contributed by atoms with Crippen molar-refractivity contribution >= 4 is 19.7 Å². The van der Waals surface area contributed by atoms with Crippen LogP contribution in [0, 0.1) is 11.8 Å². The second-order valence-electron chi connectivity index (χ2n) is 7.30. The van der Waals surface area contributed by atoms with Crippen molar-refractivity contribution in [2.45, 2.75) is 39.5 Å². The summed E-state index contributed by atoms with van der Waals surface area (Å²) >= 11 is 0. The number of unbranched alkanes of at least 4 members (excludes halogenated alkanes) is 1. The van der Waals surface area contributed by atoms with Crippen LogP contribution in [0.2, 0.25) is 0 Å². The van der Waals surface area contributed by atoms with E-state index < -0.39 is 19.4 Å². The van der Waals surface area contributed by atoms with Crippen molar-refractivity contribution in [2.75, 3.05) is 25.5 Å². The molecule has 0 aliphatic rings. The first-order valence-electron chi connectivity index (χ1n) is 9.53. The Hall–Kier alpha value is -1.65. The summed E-state index contributed by atoms with van der Waals surface area (Å²) in [5.41, 5.74) is 1.12. The van der Waals surface area contributed by atoms with Gasteiger partial charge in [-0.1, -0.05) is 44.2 Å². The lowest BCUT2D eigenvalue weighted by Crippen LogP contribution is -2.26. The van der Waals surface area contributed by atoms with Gasteiger partial charge in [-0.2, -0.15) is 0 Å². The number of nitrogens with one attached hydrogen (secondary N) is 1. The SMILES string of the molecule is CC(C)COC(=O)NCCCCP(=O)(O)CC(C=O)CCc1ccccc1.